The summed E-state index contributed by atoms with van der Waals surface area (Å²) >= 11 is 0. The topological polar surface area (TPSA) is 75.1 Å². The number of aliphatic hydroxyl groups is 1. The number of benzene rings is 1. The van der Waals surface area contributed by atoms with Gasteiger partial charge in [0.2, 0.25) is 6.79 Å². The van der Waals surface area contributed by atoms with Crippen molar-refractivity contribution in [1.82, 2.24) is 10.6 Å². The van der Waals surface area contributed by atoms with Gasteiger partial charge in [0, 0.05) is 13.1 Å². The Morgan fingerprint density at radius 2 is 2.10 bits per heavy atom. The molecule has 0 aliphatic carbocycles. The molecule has 0 aromatic heterocycles. The first kappa shape index (κ1) is 16.8. The highest BCUT2D eigenvalue weighted by molar-refractivity contribution is 14.0. The maximum absolute atomic E-state index is 8.80. The van der Waals surface area contributed by atoms with E-state index >= 15 is 0 Å². The van der Waals surface area contributed by atoms with Gasteiger partial charge in [0.1, 0.15) is 0 Å². The number of halogens is 1. The number of rotatable bonds is 5. The fourth-order valence-electron chi connectivity index (χ4n) is 1.73. The molecule has 3 N–H and O–H groups in total. The summed E-state index contributed by atoms with van der Waals surface area (Å²) in [5.74, 6) is 2.23. The van der Waals surface area contributed by atoms with Gasteiger partial charge in [0.05, 0.1) is 13.2 Å². The molecule has 6 nitrogen and oxygen atoms in total. The molecule has 2 rings (SSSR count). The number of ether oxygens (including phenoxy) is 2. The van der Waals surface area contributed by atoms with Gasteiger partial charge in [-0.25, -0.2) is 4.99 Å². The van der Waals surface area contributed by atoms with Crippen LogP contribution < -0.4 is 20.1 Å². The van der Waals surface area contributed by atoms with Gasteiger partial charge in [-0.15, -0.1) is 24.0 Å². The highest BCUT2D eigenvalue weighted by atomic mass is 127. The van der Waals surface area contributed by atoms with Crippen molar-refractivity contribution in [2.24, 2.45) is 4.99 Å². The Balaban J connectivity index is 0.00000200. The van der Waals surface area contributed by atoms with E-state index in [9.17, 15) is 0 Å². The van der Waals surface area contributed by atoms with Crippen molar-refractivity contribution in [3.05, 3.63) is 23.8 Å². The second-order valence-corrected chi connectivity index (χ2v) is 4.03. The molecule has 112 valence electrons. The molecule has 1 aromatic rings. The van der Waals surface area contributed by atoms with E-state index < -0.39 is 0 Å². The first-order valence-corrected chi connectivity index (χ1v) is 6.35. The number of fused-ring (bicyclic) bond motifs is 1. The molecule has 0 unspecified atom stereocenters. The Morgan fingerprint density at radius 1 is 1.30 bits per heavy atom. The SMILES string of the molecule is CCNC(=NCc1ccc2c(c1)OCO2)NCCO.I. The Hall–Kier alpha value is -1.22. The molecule has 0 atom stereocenters. The zero-order valence-corrected chi connectivity index (χ0v) is 13.7. The van der Waals surface area contributed by atoms with E-state index in [4.69, 9.17) is 14.6 Å². The van der Waals surface area contributed by atoms with Gasteiger partial charge in [0.25, 0.3) is 0 Å². The largest absolute Gasteiger partial charge is 0.454 e. The molecule has 0 bridgehead atoms. The van der Waals surface area contributed by atoms with Crippen molar-refractivity contribution in [3.8, 4) is 11.5 Å². The Kier molecular flexibility index (Phi) is 7.45. The predicted molar refractivity (Wildman–Crippen MR) is 87.9 cm³/mol. The van der Waals surface area contributed by atoms with Crippen molar-refractivity contribution in [3.63, 3.8) is 0 Å². The number of guanidine groups is 1. The second-order valence-electron chi connectivity index (χ2n) is 4.03. The first-order chi connectivity index (χ1) is 9.33. The van der Waals surface area contributed by atoms with Crippen molar-refractivity contribution in [2.75, 3.05) is 26.5 Å². The molecule has 1 aliphatic heterocycles. The lowest BCUT2D eigenvalue weighted by Crippen LogP contribution is -2.38. The summed E-state index contributed by atoms with van der Waals surface area (Å²) in [5.41, 5.74) is 1.05. The minimum Gasteiger partial charge on any atom is -0.454 e. The predicted octanol–water partition coefficient (Wildman–Crippen LogP) is 1.08. The summed E-state index contributed by atoms with van der Waals surface area (Å²) in [5, 5.41) is 14.9. The standard InChI is InChI=1S/C13H19N3O3.HI/c1-2-14-13(15-5-6-17)16-8-10-3-4-11-12(7-10)19-9-18-11;/h3-4,7,17H,2,5-6,8-9H2,1H3,(H2,14,15,16);1H. The van der Waals surface area contributed by atoms with Crippen LogP contribution in [0.15, 0.2) is 23.2 Å². The van der Waals surface area contributed by atoms with Crippen LogP contribution in [0, 0.1) is 0 Å². The number of aliphatic hydroxyl groups excluding tert-OH is 1. The van der Waals surface area contributed by atoms with E-state index in [0.29, 0.717) is 19.0 Å². The third-order valence-corrected chi connectivity index (χ3v) is 2.61. The van der Waals surface area contributed by atoms with E-state index in [1.54, 1.807) is 0 Å². The summed E-state index contributed by atoms with van der Waals surface area (Å²) in [7, 11) is 0. The number of nitrogens with one attached hydrogen (secondary N) is 2. The lowest BCUT2D eigenvalue weighted by atomic mass is 10.2. The Bertz CT molecular complexity index is 454. The van der Waals surface area contributed by atoms with Gasteiger partial charge >= 0.3 is 0 Å². The number of hydrogen-bond donors (Lipinski definition) is 3. The van der Waals surface area contributed by atoms with Gasteiger partial charge in [-0.3, -0.25) is 0 Å². The van der Waals surface area contributed by atoms with Crippen LogP contribution in [0.2, 0.25) is 0 Å². The third kappa shape index (κ3) is 4.71. The lowest BCUT2D eigenvalue weighted by Gasteiger charge is -2.10. The average molecular weight is 393 g/mol. The smallest absolute Gasteiger partial charge is 0.231 e. The van der Waals surface area contributed by atoms with E-state index in [-0.39, 0.29) is 37.4 Å². The van der Waals surface area contributed by atoms with Crippen LogP contribution >= 0.6 is 24.0 Å². The Labute approximate surface area is 135 Å². The molecule has 0 fully saturated rings. The Morgan fingerprint density at radius 3 is 2.85 bits per heavy atom. The van der Waals surface area contributed by atoms with Crippen LogP contribution in [0.5, 0.6) is 11.5 Å². The molecule has 20 heavy (non-hydrogen) atoms. The van der Waals surface area contributed by atoms with Crippen molar-refractivity contribution in [1.29, 1.82) is 0 Å². The molecule has 1 heterocycles. The zero-order chi connectivity index (χ0) is 13.5. The molecule has 1 aromatic carbocycles. The molecule has 0 saturated heterocycles. The monoisotopic (exact) mass is 393 g/mol. The second kappa shape index (κ2) is 8.85. The van der Waals surface area contributed by atoms with Gasteiger partial charge in [-0.05, 0) is 24.6 Å². The number of hydrogen-bond acceptors (Lipinski definition) is 4. The normalized spacial score (nSPS) is 12.8. The van der Waals surface area contributed by atoms with Crippen LogP contribution in [0.4, 0.5) is 0 Å². The molecular weight excluding hydrogens is 373 g/mol. The molecular formula is C13H20IN3O3. The van der Waals surface area contributed by atoms with Crippen LogP contribution in [0.1, 0.15) is 12.5 Å². The van der Waals surface area contributed by atoms with Gasteiger partial charge in [-0.1, -0.05) is 6.07 Å². The zero-order valence-electron chi connectivity index (χ0n) is 11.4. The third-order valence-electron chi connectivity index (χ3n) is 2.61. The maximum atomic E-state index is 8.80. The van der Waals surface area contributed by atoms with Crippen molar-refractivity contribution < 1.29 is 14.6 Å². The van der Waals surface area contributed by atoms with E-state index in [1.807, 2.05) is 25.1 Å². The van der Waals surface area contributed by atoms with Crippen LogP contribution in [0.3, 0.4) is 0 Å². The van der Waals surface area contributed by atoms with Crippen LogP contribution in [-0.4, -0.2) is 37.6 Å². The average Bonchev–Trinajstić information content (AvgIpc) is 2.89. The van der Waals surface area contributed by atoms with E-state index in [1.165, 1.54) is 0 Å². The first-order valence-electron chi connectivity index (χ1n) is 6.35. The molecule has 0 amide bonds. The van der Waals surface area contributed by atoms with Crippen molar-refractivity contribution >= 4 is 29.9 Å². The molecule has 0 saturated carbocycles. The molecule has 0 radical (unpaired) electrons. The van der Waals surface area contributed by atoms with Crippen LogP contribution in [-0.2, 0) is 6.54 Å². The van der Waals surface area contributed by atoms with E-state index in [2.05, 4.69) is 15.6 Å². The summed E-state index contributed by atoms with van der Waals surface area (Å²) in [6, 6.07) is 5.79. The molecule has 1 aliphatic rings. The molecule has 7 heteroatoms. The molecule has 0 spiro atoms. The fraction of sp³-hybridized carbons (Fsp3) is 0.462. The maximum Gasteiger partial charge on any atom is 0.231 e. The highest BCUT2D eigenvalue weighted by Gasteiger charge is 2.12. The van der Waals surface area contributed by atoms with Gasteiger partial charge in [-0.2, -0.15) is 0 Å². The quantitative estimate of drug-likeness (QED) is 0.397. The van der Waals surface area contributed by atoms with Gasteiger partial charge < -0.3 is 25.2 Å². The minimum absolute atomic E-state index is 0. The summed E-state index contributed by atoms with van der Waals surface area (Å²) in [6.07, 6.45) is 0. The summed E-state index contributed by atoms with van der Waals surface area (Å²) in [4.78, 5) is 4.43. The summed E-state index contributed by atoms with van der Waals surface area (Å²) < 4.78 is 10.6. The fourth-order valence-corrected chi connectivity index (χ4v) is 1.73. The van der Waals surface area contributed by atoms with Gasteiger partial charge in [0.15, 0.2) is 17.5 Å². The van der Waals surface area contributed by atoms with Crippen LogP contribution in [0.25, 0.3) is 0 Å². The minimum atomic E-state index is 0. The number of nitrogens with zero attached hydrogens (tertiary/aromatic N) is 1. The van der Waals surface area contributed by atoms with E-state index in [0.717, 1.165) is 23.6 Å². The summed E-state index contributed by atoms with van der Waals surface area (Å²) in [6.45, 7) is 4.15. The number of aliphatic imine (C=N–C) groups is 1. The van der Waals surface area contributed by atoms with Crippen molar-refractivity contribution in [2.45, 2.75) is 13.5 Å². The lowest BCUT2D eigenvalue weighted by molar-refractivity contribution is 0.174. The highest BCUT2D eigenvalue weighted by Crippen LogP contribution is 2.32.